The zero-order valence-corrected chi connectivity index (χ0v) is 20.6. The van der Waals surface area contributed by atoms with Crippen LogP contribution in [0.25, 0.3) is 20.8 Å². The summed E-state index contributed by atoms with van der Waals surface area (Å²) in [5.74, 6) is 1.39. The number of rotatable bonds is 6. The molecule has 0 bridgehead atoms. The van der Waals surface area contributed by atoms with Crippen molar-refractivity contribution >= 4 is 43.8 Å². The van der Waals surface area contributed by atoms with Crippen LogP contribution in [0.3, 0.4) is 0 Å². The van der Waals surface area contributed by atoms with E-state index in [1.54, 1.807) is 22.7 Å². The lowest BCUT2D eigenvalue weighted by Gasteiger charge is -2.26. The number of thiazole rings is 1. The molecule has 1 amide bonds. The van der Waals surface area contributed by atoms with E-state index in [9.17, 15) is 4.79 Å². The molecule has 1 N–H and O–H groups in total. The summed E-state index contributed by atoms with van der Waals surface area (Å²) in [6.07, 6.45) is 2.40. The third kappa shape index (κ3) is 4.06. The lowest BCUT2D eigenvalue weighted by molar-refractivity contribution is -0.115. The van der Waals surface area contributed by atoms with Crippen molar-refractivity contribution in [1.29, 1.82) is 0 Å². The van der Waals surface area contributed by atoms with Gasteiger partial charge in [-0.05, 0) is 54.8 Å². The number of aromatic nitrogens is 1. The van der Waals surface area contributed by atoms with E-state index in [-0.39, 0.29) is 19.1 Å². The number of para-hydroxylation sites is 1. The highest BCUT2D eigenvalue weighted by molar-refractivity contribution is 7.22. The molecule has 8 heteroatoms. The molecule has 0 unspecified atom stereocenters. The molecule has 0 fully saturated rings. The molecule has 2 aliphatic rings. The molecular formula is C26H25N3O3S2. The Hall–Kier alpha value is -2.94. The summed E-state index contributed by atoms with van der Waals surface area (Å²) < 4.78 is 12.0. The van der Waals surface area contributed by atoms with Crippen molar-refractivity contribution in [2.75, 3.05) is 25.2 Å². The number of carbonyl (C=O) groups is 1. The van der Waals surface area contributed by atoms with Gasteiger partial charge in [0.25, 0.3) is 0 Å². The van der Waals surface area contributed by atoms with Gasteiger partial charge >= 0.3 is 0 Å². The molecular weight excluding hydrogens is 466 g/mol. The number of hydrogen-bond donors (Lipinski definition) is 1. The Morgan fingerprint density at radius 3 is 2.91 bits per heavy atom. The zero-order valence-electron chi connectivity index (χ0n) is 18.9. The highest BCUT2D eigenvalue weighted by Gasteiger charge is 2.27. The molecule has 174 valence electrons. The van der Waals surface area contributed by atoms with Crippen LogP contribution in [0.4, 0.5) is 5.00 Å². The minimum atomic E-state index is -0.0368. The van der Waals surface area contributed by atoms with Gasteiger partial charge < -0.3 is 14.8 Å². The third-order valence-corrected chi connectivity index (χ3v) is 8.42. The van der Waals surface area contributed by atoms with E-state index >= 15 is 0 Å². The molecule has 2 aromatic heterocycles. The topological polar surface area (TPSA) is 63.7 Å². The Kier molecular flexibility index (Phi) is 5.72. The number of amides is 1. The molecule has 2 aromatic carbocycles. The third-order valence-electron chi connectivity index (χ3n) is 6.24. The molecule has 4 aromatic rings. The minimum Gasteiger partial charge on any atom is -0.454 e. The number of fused-ring (bicyclic) bond motifs is 3. The molecule has 0 spiro atoms. The van der Waals surface area contributed by atoms with Gasteiger partial charge in [0.05, 0.1) is 16.6 Å². The van der Waals surface area contributed by atoms with Crippen molar-refractivity contribution in [3.05, 3.63) is 58.5 Å². The first-order chi connectivity index (χ1) is 16.7. The van der Waals surface area contributed by atoms with Crippen LogP contribution >= 0.6 is 22.7 Å². The average Bonchev–Trinajstić information content (AvgIpc) is 3.54. The van der Waals surface area contributed by atoms with Gasteiger partial charge in [-0.15, -0.1) is 22.7 Å². The van der Waals surface area contributed by atoms with E-state index in [1.807, 2.05) is 30.3 Å². The molecule has 2 aliphatic heterocycles. The molecule has 6 rings (SSSR count). The summed E-state index contributed by atoms with van der Waals surface area (Å²) in [5.41, 5.74) is 4.36. The second-order valence-corrected chi connectivity index (χ2v) is 10.8. The highest BCUT2D eigenvalue weighted by Crippen LogP contribution is 2.45. The Balaban J connectivity index is 1.32. The second-order valence-electron chi connectivity index (χ2n) is 8.63. The summed E-state index contributed by atoms with van der Waals surface area (Å²) in [5, 5.41) is 5.13. The van der Waals surface area contributed by atoms with Crippen LogP contribution in [0.5, 0.6) is 11.5 Å². The van der Waals surface area contributed by atoms with Crippen LogP contribution in [0.2, 0.25) is 0 Å². The van der Waals surface area contributed by atoms with Crippen molar-refractivity contribution in [3.63, 3.8) is 0 Å². The van der Waals surface area contributed by atoms with Gasteiger partial charge in [0.15, 0.2) is 11.5 Å². The van der Waals surface area contributed by atoms with Crippen LogP contribution in [0.15, 0.2) is 42.5 Å². The van der Waals surface area contributed by atoms with Gasteiger partial charge in [0.1, 0.15) is 10.0 Å². The summed E-state index contributed by atoms with van der Waals surface area (Å²) in [7, 11) is 0. The first kappa shape index (κ1) is 21.6. The van der Waals surface area contributed by atoms with Crippen molar-refractivity contribution < 1.29 is 14.3 Å². The molecule has 6 nitrogen and oxygen atoms in total. The van der Waals surface area contributed by atoms with Gasteiger partial charge in [-0.1, -0.05) is 25.1 Å². The number of hydrogen-bond acceptors (Lipinski definition) is 7. The summed E-state index contributed by atoms with van der Waals surface area (Å²) in [6.45, 7) is 5.52. The number of thiophene rings is 1. The largest absolute Gasteiger partial charge is 0.454 e. The highest BCUT2D eigenvalue weighted by atomic mass is 32.1. The fraction of sp³-hybridized carbons (Fsp3) is 0.308. The molecule has 0 radical (unpaired) electrons. The maximum Gasteiger partial charge on any atom is 0.231 e. The fourth-order valence-corrected chi connectivity index (χ4v) is 7.08. The van der Waals surface area contributed by atoms with Crippen molar-refractivity contribution in [3.8, 4) is 22.1 Å². The first-order valence-electron chi connectivity index (χ1n) is 11.6. The van der Waals surface area contributed by atoms with Crippen molar-refractivity contribution in [1.82, 2.24) is 9.88 Å². The fourth-order valence-electron chi connectivity index (χ4n) is 4.66. The van der Waals surface area contributed by atoms with Gasteiger partial charge in [0, 0.05) is 23.5 Å². The van der Waals surface area contributed by atoms with E-state index in [2.05, 4.69) is 29.3 Å². The van der Waals surface area contributed by atoms with Crippen LogP contribution in [-0.4, -0.2) is 35.7 Å². The van der Waals surface area contributed by atoms with Crippen molar-refractivity contribution in [2.45, 2.75) is 32.7 Å². The number of carbonyl (C=O) groups excluding carboxylic acids is 1. The van der Waals surface area contributed by atoms with E-state index in [4.69, 9.17) is 14.5 Å². The lowest BCUT2D eigenvalue weighted by atomic mass is 10.0. The Morgan fingerprint density at radius 2 is 2.03 bits per heavy atom. The molecule has 0 saturated heterocycles. The SMILES string of the molecule is CCCN1CCc2c(sc(NC(=O)Cc3ccc4c(c3)OCO4)c2-c2nc3ccccc3s2)C1. The van der Waals surface area contributed by atoms with Crippen LogP contribution in [0.1, 0.15) is 29.3 Å². The van der Waals surface area contributed by atoms with E-state index < -0.39 is 0 Å². The predicted octanol–water partition coefficient (Wildman–Crippen LogP) is 5.70. The minimum absolute atomic E-state index is 0.0368. The maximum atomic E-state index is 13.1. The smallest absolute Gasteiger partial charge is 0.231 e. The molecule has 34 heavy (non-hydrogen) atoms. The summed E-state index contributed by atoms with van der Waals surface area (Å²) in [4.78, 5) is 21.9. The monoisotopic (exact) mass is 491 g/mol. The quantitative estimate of drug-likeness (QED) is 0.375. The Labute approximate surface area is 206 Å². The number of anilines is 1. The predicted molar refractivity (Wildman–Crippen MR) is 137 cm³/mol. The Bertz CT molecular complexity index is 1340. The van der Waals surface area contributed by atoms with Gasteiger partial charge in [-0.2, -0.15) is 0 Å². The number of nitrogens with zero attached hydrogens (tertiary/aromatic N) is 2. The molecule has 0 aliphatic carbocycles. The molecule has 4 heterocycles. The van der Waals surface area contributed by atoms with Gasteiger partial charge in [-0.3, -0.25) is 9.69 Å². The van der Waals surface area contributed by atoms with E-state index in [0.29, 0.717) is 5.75 Å². The molecule has 0 saturated carbocycles. The van der Waals surface area contributed by atoms with Gasteiger partial charge in [0.2, 0.25) is 12.7 Å². The number of nitrogens with one attached hydrogen (secondary N) is 1. The van der Waals surface area contributed by atoms with Crippen LogP contribution in [-0.2, 0) is 24.2 Å². The summed E-state index contributed by atoms with van der Waals surface area (Å²) >= 11 is 3.40. The zero-order chi connectivity index (χ0) is 23.1. The molecule has 0 atom stereocenters. The second kappa shape index (κ2) is 9.02. The lowest BCUT2D eigenvalue weighted by Crippen LogP contribution is -2.30. The first-order valence-corrected chi connectivity index (χ1v) is 13.2. The average molecular weight is 492 g/mol. The Morgan fingerprint density at radius 1 is 1.15 bits per heavy atom. The normalized spacial score (nSPS) is 15.0. The standard InChI is InChI=1S/C26H25N3O3S2/c1-2-10-29-11-9-17-22(14-29)34-26(24(17)25-27-18-5-3-4-6-21(18)33-25)28-23(30)13-16-7-8-19-20(12-16)32-15-31-19/h3-8,12H,2,9-11,13-15H2,1H3,(H,28,30). The van der Waals surface area contributed by atoms with E-state index in [1.165, 1.54) is 15.1 Å². The number of benzene rings is 2. The van der Waals surface area contributed by atoms with Gasteiger partial charge in [-0.25, -0.2) is 4.98 Å². The summed E-state index contributed by atoms with van der Waals surface area (Å²) in [6, 6.07) is 13.9. The van der Waals surface area contributed by atoms with Crippen LogP contribution in [0, 0.1) is 0 Å². The van der Waals surface area contributed by atoms with Crippen LogP contribution < -0.4 is 14.8 Å². The maximum absolute atomic E-state index is 13.1. The van der Waals surface area contributed by atoms with E-state index in [0.717, 1.165) is 64.9 Å². The van der Waals surface area contributed by atoms with Crippen molar-refractivity contribution in [2.24, 2.45) is 0 Å². The number of ether oxygens (including phenoxy) is 2.